The van der Waals surface area contributed by atoms with Crippen LogP contribution in [0.15, 0.2) is 0 Å². The molecule has 1 saturated heterocycles. The van der Waals surface area contributed by atoms with Gasteiger partial charge in [0.1, 0.15) is 5.60 Å². The van der Waals surface area contributed by atoms with E-state index in [0.29, 0.717) is 12.8 Å². The van der Waals surface area contributed by atoms with E-state index in [2.05, 4.69) is 0 Å². The Morgan fingerprint density at radius 1 is 1.37 bits per heavy atom. The van der Waals surface area contributed by atoms with Crippen LogP contribution in [0.3, 0.4) is 0 Å². The molecule has 0 radical (unpaired) electrons. The van der Waals surface area contributed by atoms with E-state index < -0.39 is 36.7 Å². The van der Waals surface area contributed by atoms with E-state index in [0.717, 1.165) is 4.90 Å². The number of halogens is 2. The average Bonchev–Trinajstić information content (AvgIpc) is 2.26. The van der Waals surface area contributed by atoms with Crippen molar-refractivity contribution in [3.8, 4) is 0 Å². The van der Waals surface area contributed by atoms with Gasteiger partial charge in [-0.2, -0.15) is 0 Å². The van der Waals surface area contributed by atoms with Gasteiger partial charge < -0.3 is 9.84 Å². The third-order valence-corrected chi connectivity index (χ3v) is 3.06. The molecule has 0 saturated carbocycles. The number of carbonyl (C=O) groups is 1. The van der Waals surface area contributed by atoms with Crippen LogP contribution in [0.4, 0.5) is 13.6 Å². The quantitative estimate of drug-likeness (QED) is 0.864. The summed E-state index contributed by atoms with van der Waals surface area (Å²) in [6.45, 7) is 4.80. The van der Waals surface area contributed by atoms with Crippen LogP contribution in [-0.4, -0.2) is 46.8 Å². The Balaban J connectivity index is 2.80. The van der Waals surface area contributed by atoms with Crippen molar-refractivity contribution in [2.75, 3.05) is 13.2 Å². The van der Waals surface area contributed by atoms with Gasteiger partial charge in [-0.15, -0.1) is 0 Å². The average molecular weight is 279 g/mol. The lowest BCUT2D eigenvalue weighted by atomic mass is 9.95. The first-order valence-electron chi connectivity index (χ1n) is 6.66. The summed E-state index contributed by atoms with van der Waals surface area (Å²) in [4.78, 5) is 13.1. The fourth-order valence-corrected chi connectivity index (χ4v) is 2.23. The van der Waals surface area contributed by atoms with Gasteiger partial charge in [-0.25, -0.2) is 13.6 Å². The molecule has 1 unspecified atom stereocenters. The summed E-state index contributed by atoms with van der Waals surface area (Å²) in [5.41, 5.74) is -0.703. The van der Waals surface area contributed by atoms with Crippen LogP contribution < -0.4 is 0 Å². The van der Waals surface area contributed by atoms with E-state index in [1.54, 1.807) is 20.8 Å². The van der Waals surface area contributed by atoms with Crippen molar-refractivity contribution < 1.29 is 23.4 Å². The first-order valence-corrected chi connectivity index (χ1v) is 6.66. The molecule has 0 spiro atoms. The molecular formula is C13H23F2NO3. The zero-order valence-corrected chi connectivity index (χ0v) is 11.8. The molecule has 0 aliphatic carbocycles. The maximum Gasteiger partial charge on any atom is 0.410 e. The van der Waals surface area contributed by atoms with E-state index in [1.165, 1.54) is 0 Å². The van der Waals surface area contributed by atoms with E-state index in [-0.39, 0.29) is 13.0 Å². The zero-order chi connectivity index (χ0) is 14.7. The molecule has 0 aromatic rings. The molecule has 1 amide bonds. The Morgan fingerprint density at radius 2 is 2.00 bits per heavy atom. The standard InChI is InChI=1S/C13H23F2NO3/c1-12(2,3)19-11(18)16-8-5-4-6-10(16)13(14,15)7-9-17/h10,17H,4-9H2,1-3H3. The summed E-state index contributed by atoms with van der Waals surface area (Å²) in [7, 11) is 0. The lowest BCUT2D eigenvalue weighted by molar-refractivity contribution is -0.106. The van der Waals surface area contributed by atoms with Crippen LogP contribution >= 0.6 is 0 Å². The first-order chi connectivity index (χ1) is 8.67. The van der Waals surface area contributed by atoms with Gasteiger partial charge in [0.2, 0.25) is 0 Å². The van der Waals surface area contributed by atoms with Crippen LogP contribution in [0.5, 0.6) is 0 Å². The summed E-state index contributed by atoms with van der Waals surface area (Å²) < 4.78 is 33.1. The van der Waals surface area contributed by atoms with Gasteiger partial charge in [0, 0.05) is 19.6 Å². The largest absolute Gasteiger partial charge is 0.444 e. The predicted octanol–water partition coefficient (Wildman–Crippen LogP) is 2.79. The van der Waals surface area contributed by atoms with E-state index in [1.807, 2.05) is 0 Å². The van der Waals surface area contributed by atoms with Crippen LogP contribution in [-0.2, 0) is 4.74 Å². The second-order valence-corrected chi connectivity index (χ2v) is 5.92. The van der Waals surface area contributed by atoms with Gasteiger partial charge in [0.25, 0.3) is 5.92 Å². The maximum absolute atomic E-state index is 13.9. The third kappa shape index (κ3) is 4.60. The lowest BCUT2D eigenvalue weighted by Crippen LogP contribution is -2.54. The number of aliphatic hydroxyl groups excluding tert-OH is 1. The molecule has 0 bridgehead atoms. The molecule has 1 N–H and O–H groups in total. The minimum Gasteiger partial charge on any atom is -0.444 e. The molecule has 0 aromatic carbocycles. The molecule has 19 heavy (non-hydrogen) atoms. The number of aliphatic hydroxyl groups is 1. The summed E-state index contributed by atoms with van der Waals surface area (Å²) >= 11 is 0. The van der Waals surface area contributed by atoms with Gasteiger partial charge in [-0.3, -0.25) is 4.90 Å². The predicted molar refractivity (Wildman–Crippen MR) is 67.2 cm³/mol. The Bertz CT molecular complexity index is 316. The van der Waals surface area contributed by atoms with Gasteiger partial charge >= 0.3 is 6.09 Å². The summed E-state index contributed by atoms with van der Waals surface area (Å²) in [5, 5.41) is 8.73. The number of ether oxygens (including phenoxy) is 1. The van der Waals surface area contributed by atoms with Crippen molar-refractivity contribution in [2.45, 2.75) is 64.0 Å². The maximum atomic E-state index is 13.9. The number of carbonyl (C=O) groups excluding carboxylic acids is 1. The Morgan fingerprint density at radius 3 is 2.53 bits per heavy atom. The number of likely N-dealkylation sites (tertiary alicyclic amines) is 1. The van der Waals surface area contributed by atoms with E-state index in [4.69, 9.17) is 9.84 Å². The van der Waals surface area contributed by atoms with Crippen LogP contribution in [0, 0.1) is 0 Å². The van der Waals surface area contributed by atoms with Crippen molar-refractivity contribution in [1.82, 2.24) is 4.90 Å². The summed E-state index contributed by atoms with van der Waals surface area (Å²) in [5.74, 6) is -3.08. The minimum absolute atomic E-state index is 0.242. The normalized spacial score (nSPS) is 21.4. The second kappa shape index (κ2) is 6.03. The first kappa shape index (κ1) is 16.1. The molecule has 4 nitrogen and oxygen atoms in total. The SMILES string of the molecule is CC(C)(C)OC(=O)N1CCCCC1C(F)(F)CCO. The molecular weight excluding hydrogens is 256 g/mol. The molecule has 1 rings (SSSR count). The van der Waals surface area contributed by atoms with Gasteiger partial charge in [-0.05, 0) is 40.0 Å². The Labute approximate surface area is 112 Å². The highest BCUT2D eigenvalue weighted by molar-refractivity contribution is 5.68. The van der Waals surface area contributed by atoms with Crippen molar-refractivity contribution in [2.24, 2.45) is 0 Å². The highest BCUT2D eigenvalue weighted by Gasteiger charge is 2.46. The number of hydrogen-bond donors (Lipinski definition) is 1. The molecule has 1 atom stereocenters. The monoisotopic (exact) mass is 279 g/mol. The van der Waals surface area contributed by atoms with Crippen molar-refractivity contribution in [3.63, 3.8) is 0 Å². The topological polar surface area (TPSA) is 49.8 Å². The molecule has 112 valence electrons. The van der Waals surface area contributed by atoms with Crippen molar-refractivity contribution in [3.05, 3.63) is 0 Å². The smallest absolute Gasteiger partial charge is 0.410 e. The van der Waals surface area contributed by atoms with Crippen LogP contribution in [0.1, 0.15) is 46.5 Å². The van der Waals surface area contributed by atoms with Gasteiger partial charge in [0.05, 0.1) is 6.04 Å². The molecule has 6 heteroatoms. The van der Waals surface area contributed by atoms with Crippen molar-refractivity contribution in [1.29, 1.82) is 0 Å². The fourth-order valence-electron chi connectivity index (χ4n) is 2.23. The number of amides is 1. The highest BCUT2D eigenvalue weighted by atomic mass is 19.3. The van der Waals surface area contributed by atoms with Gasteiger partial charge in [0.15, 0.2) is 0 Å². The number of rotatable bonds is 3. The lowest BCUT2D eigenvalue weighted by Gasteiger charge is -2.40. The molecule has 1 aliphatic heterocycles. The minimum atomic E-state index is -3.08. The molecule has 1 heterocycles. The fraction of sp³-hybridized carbons (Fsp3) is 0.923. The summed E-state index contributed by atoms with van der Waals surface area (Å²) in [6.07, 6.45) is 0.272. The molecule has 1 fully saturated rings. The van der Waals surface area contributed by atoms with Crippen molar-refractivity contribution >= 4 is 6.09 Å². The summed E-state index contributed by atoms with van der Waals surface area (Å²) in [6, 6.07) is -1.18. The Hall–Kier alpha value is -0.910. The number of hydrogen-bond acceptors (Lipinski definition) is 3. The number of piperidine rings is 1. The van der Waals surface area contributed by atoms with Gasteiger partial charge in [-0.1, -0.05) is 0 Å². The van der Waals surface area contributed by atoms with Crippen LogP contribution in [0.2, 0.25) is 0 Å². The molecule has 1 aliphatic rings. The zero-order valence-electron chi connectivity index (χ0n) is 11.8. The number of nitrogens with zero attached hydrogens (tertiary/aromatic N) is 1. The number of alkyl halides is 2. The second-order valence-electron chi connectivity index (χ2n) is 5.92. The van der Waals surface area contributed by atoms with Crippen LogP contribution in [0.25, 0.3) is 0 Å². The Kier molecular flexibility index (Phi) is 5.12. The molecule has 0 aromatic heterocycles. The van der Waals surface area contributed by atoms with E-state index in [9.17, 15) is 13.6 Å². The highest BCUT2D eigenvalue weighted by Crippen LogP contribution is 2.34. The third-order valence-electron chi connectivity index (χ3n) is 3.06. The van der Waals surface area contributed by atoms with E-state index >= 15 is 0 Å².